The fraction of sp³-hybridized carbons (Fsp3) is 0.452. The molecular formula is C31H43FNO3PSi. The number of halogens is 1. The van der Waals surface area contributed by atoms with E-state index in [1.54, 1.807) is 31.5 Å². The fourth-order valence-electron chi connectivity index (χ4n) is 4.61. The van der Waals surface area contributed by atoms with Gasteiger partial charge in [-0.2, -0.15) is 0 Å². The summed E-state index contributed by atoms with van der Waals surface area (Å²) in [4.78, 5) is 13.3. The van der Waals surface area contributed by atoms with Gasteiger partial charge in [0.1, 0.15) is 5.82 Å². The van der Waals surface area contributed by atoms with Crippen LogP contribution in [-0.2, 0) is 13.8 Å². The van der Waals surface area contributed by atoms with Crippen LogP contribution in [0.2, 0.25) is 18.1 Å². The Labute approximate surface area is 228 Å². The van der Waals surface area contributed by atoms with Crippen LogP contribution in [0, 0.1) is 5.82 Å². The van der Waals surface area contributed by atoms with Gasteiger partial charge < -0.3 is 13.6 Å². The van der Waals surface area contributed by atoms with E-state index in [-0.39, 0.29) is 35.2 Å². The highest BCUT2D eigenvalue weighted by atomic mass is 31.2. The zero-order chi connectivity index (χ0) is 28.5. The van der Waals surface area contributed by atoms with Crippen LogP contribution in [0.3, 0.4) is 0 Å². The molecule has 0 amide bonds. The highest BCUT2D eigenvalue weighted by Gasteiger charge is 2.40. The summed E-state index contributed by atoms with van der Waals surface area (Å²) in [6, 6.07) is 14.8. The predicted molar refractivity (Wildman–Crippen MR) is 163 cm³/mol. The number of rotatable bonds is 10. The molecule has 206 valence electrons. The highest BCUT2D eigenvalue weighted by molar-refractivity contribution is 7.62. The Hall–Kier alpha value is -2.27. The number of benzene rings is 2. The van der Waals surface area contributed by atoms with Gasteiger partial charge in [-0.25, -0.2) is 4.39 Å². The van der Waals surface area contributed by atoms with E-state index in [4.69, 9.17) is 4.43 Å². The molecule has 1 aromatic heterocycles. The first-order valence-electron chi connectivity index (χ1n) is 13.3. The van der Waals surface area contributed by atoms with E-state index in [2.05, 4.69) is 64.4 Å². The van der Waals surface area contributed by atoms with Gasteiger partial charge in [0.2, 0.25) is 0 Å². The van der Waals surface area contributed by atoms with Gasteiger partial charge in [-0.05, 0) is 81.2 Å². The average Bonchev–Trinajstić information content (AvgIpc) is 3.10. The molecule has 0 saturated carbocycles. The van der Waals surface area contributed by atoms with Crippen LogP contribution >= 0.6 is 7.14 Å². The Morgan fingerprint density at radius 2 is 1.68 bits per heavy atom. The zero-order valence-electron chi connectivity index (χ0n) is 24.3. The number of allylic oxidation sites excluding steroid dienone is 1. The Kier molecular flexibility index (Phi) is 9.12. The molecule has 38 heavy (non-hydrogen) atoms. The van der Waals surface area contributed by atoms with Crippen molar-refractivity contribution in [2.45, 2.75) is 71.3 Å². The molecular weight excluding hydrogens is 512 g/mol. The van der Waals surface area contributed by atoms with Crippen LogP contribution in [-0.4, -0.2) is 44.3 Å². The lowest BCUT2D eigenvalue weighted by atomic mass is 10.0. The Bertz CT molecular complexity index is 1360. The number of carbonyl (C=O) groups excluding carboxylic acids is 1. The van der Waals surface area contributed by atoms with Crippen molar-refractivity contribution in [3.63, 3.8) is 0 Å². The largest absolute Gasteiger partial charge is 0.413 e. The fourth-order valence-corrected chi connectivity index (χ4v) is 7.29. The Morgan fingerprint density at radius 1 is 1.08 bits per heavy atom. The molecule has 3 rings (SSSR count). The summed E-state index contributed by atoms with van der Waals surface area (Å²) in [5.41, 5.74) is 3.83. The van der Waals surface area contributed by atoms with Crippen molar-refractivity contribution in [2.24, 2.45) is 0 Å². The van der Waals surface area contributed by atoms with Gasteiger partial charge in [-0.1, -0.05) is 51.1 Å². The second-order valence-electron chi connectivity index (χ2n) is 12.5. The minimum atomic E-state index is -2.40. The third-order valence-electron chi connectivity index (χ3n) is 7.36. The predicted octanol–water partition coefficient (Wildman–Crippen LogP) is 9.01. The SMILES string of the molecule is CC(C)n1c(/C=C/C(=O)C[C@@H](CP(C)(C)=O)O[Si](C)(C)C(C)(C)C)c(-c2ccc(F)cc2)c2ccccc21. The molecule has 0 aliphatic rings. The number of ketones is 1. The molecule has 0 N–H and O–H groups in total. The summed E-state index contributed by atoms with van der Waals surface area (Å²) >= 11 is 0. The average molecular weight is 556 g/mol. The minimum absolute atomic E-state index is 0.0160. The summed E-state index contributed by atoms with van der Waals surface area (Å²) in [6.45, 7) is 18.5. The molecule has 0 saturated heterocycles. The van der Waals surface area contributed by atoms with Gasteiger partial charge >= 0.3 is 0 Å². The quantitative estimate of drug-likeness (QED) is 0.142. The summed E-state index contributed by atoms with van der Waals surface area (Å²) in [6.07, 6.45) is 3.68. The van der Waals surface area contributed by atoms with Crippen molar-refractivity contribution in [3.8, 4) is 11.1 Å². The first-order valence-corrected chi connectivity index (χ1v) is 19.0. The molecule has 0 unspecified atom stereocenters. The molecule has 0 spiro atoms. The first kappa shape index (κ1) is 30.3. The number of hydrogen-bond acceptors (Lipinski definition) is 3. The molecule has 0 fully saturated rings. The maximum Gasteiger partial charge on any atom is 0.192 e. The van der Waals surface area contributed by atoms with Crippen LogP contribution < -0.4 is 0 Å². The molecule has 0 bridgehead atoms. The Morgan fingerprint density at radius 3 is 2.24 bits per heavy atom. The number of hydrogen-bond donors (Lipinski definition) is 0. The third-order valence-corrected chi connectivity index (χ3v) is 13.2. The van der Waals surface area contributed by atoms with E-state index < -0.39 is 15.5 Å². The summed E-state index contributed by atoms with van der Waals surface area (Å²) in [7, 11) is -4.56. The van der Waals surface area contributed by atoms with E-state index in [0.717, 1.165) is 27.7 Å². The minimum Gasteiger partial charge on any atom is -0.413 e. The highest BCUT2D eigenvalue weighted by Crippen LogP contribution is 2.42. The van der Waals surface area contributed by atoms with Gasteiger partial charge in [-0.15, -0.1) is 0 Å². The number of para-hydroxylation sites is 1. The van der Waals surface area contributed by atoms with E-state index in [1.807, 2.05) is 18.2 Å². The second-order valence-corrected chi connectivity index (χ2v) is 20.8. The monoisotopic (exact) mass is 555 g/mol. The molecule has 3 aromatic rings. The van der Waals surface area contributed by atoms with Crippen LogP contribution in [0.15, 0.2) is 54.6 Å². The van der Waals surface area contributed by atoms with Crippen molar-refractivity contribution in [2.75, 3.05) is 19.5 Å². The molecule has 4 nitrogen and oxygen atoms in total. The molecule has 0 aliphatic heterocycles. The van der Waals surface area contributed by atoms with Gasteiger partial charge in [0.25, 0.3) is 0 Å². The van der Waals surface area contributed by atoms with Crippen molar-refractivity contribution in [1.29, 1.82) is 0 Å². The third kappa shape index (κ3) is 7.22. The maximum atomic E-state index is 13.7. The van der Waals surface area contributed by atoms with Crippen molar-refractivity contribution >= 4 is 38.2 Å². The van der Waals surface area contributed by atoms with Crippen LogP contribution in [0.25, 0.3) is 28.1 Å². The topological polar surface area (TPSA) is 48.3 Å². The number of aromatic nitrogens is 1. The van der Waals surface area contributed by atoms with Gasteiger partial charge in [0, 0.05) is 35.1 Å². The summed E-state index contributed by atoms with van der Waals surface area (Å²) in [5.74, 6) is -0.349. The smallest absolute Gasteiger partial charge is 0.192 e. The summed E-state index contributed by atoms with van der Waals surface area (Å²) in [5, 5.41) is 1.04. The van der Waals surface area contributed by atoms with Crippen LogP contribution in [0.1, 0.15) is 52.8 Å². The molecule has 7 heteroatoms. The van der Waals surface area contributed by atoms with E-state index in [9.17, 15) is 13.8 Å². The molecule has 1 atom stereocenters. The molecule has 0 radical (unpaired) electrons. The number of nitrogens with zero attached hydrogens (tertiary/aromatic N) is 1. The number of carbonyl (C=O) groups is 1. The van der Waals surface area contributed by atoms with Crippen LogP contribution in [0.4, 0.5) is 4.39 Å². The number of fused-ring (bicyclic) bond motifs is 1. The lowest BCUT2D eigenvalue weighted by Crippen LogP contribution is -2.45. The van der Waals surface area contributed by atoms with E-state index in [0.29, 0.717) is 6.16 Å². The zero-order valence-corrected chi connectivity index (χ0v) is 26.2. The first-order chi connectivity index (χ1) is 17.5. The van der Waals surface area contributed by atoms with E-state index in [1.165, 1.54) is 12.1 Å². The van der Waals surface area contributed by atoms with E-state index >= 15 is 0 Å². The summed E-state index contributed by atoms with van der Waals surface area (Å²) < 4.78 is 35.3. The second kappa shape index (κ2) is 11.5. The Balaban J connectivity index is 2.02. The molecule has 0 aliphatic carbocycles. The van der Waals surface area contributed by atoms with Gasteiger partial charge in [0.05, 0.1) is 18.9 Å². The maximum absolute atomic E-state index is 13.7. The molecule has 2 aromatic carbocycles. The lowest BCUT2D eigenvalue weighted by Gasteiger charge is -2.39. The standard InChI is InChI=1S/C31H43FNO3PSi/c1-22(2)33-28-13-11-10-12-27(28)30(23-14-16-24(32)17-15-23)29(33)19-18-25(34)20-26(21-37(6,7)35)36-38(8,9)31(3,4)5/h10-19,22,26H,20-21H2,1-9H3/b19-18+/t26-/m0/s1. The molecule has 1 heterocycles. The van der Waals surface area contributed by atoms with Gasteiger partial charge in [0.15, 0.2) is 14.1 Å². The van der Waals surface area contributed by atoms with Crippen molar-refractivity contribution in [1.82, 2.24) is 4.57 Å². The normalized spacial score (nSPS) is 14.1. The van der Waals surface area contributed by atoms with Gasteiger partial charge in [-0.3, -0.25) is 4.79 Å². The van der Waals surface area contributed by atoms with Crippen molar-refractivity contribution < 1.29 is 18.2 Å². The lowest BCUT2D eigenvalue weighted by molar-refractivity contribution is -0.115. The van der Waals surface area contributed by atoms with Crippen LogP contribution in [0.5, 0.6) is 0 Å². The van der Waals surface area contributed by atoms with Crippen molar-refractivity contribution in [3.05, 3.63) is 66.1 Å².